The van der Waals surface area contributed by atoms with Crippen molar-refractivity contribution in [1.82, 2.24) is 19.9 Å². The van der Waals surface area contributed by atoms with E-state index in [1.165, 1.54) is 12.1 Å². The topological polar surface area (TPSA) is 66.5 Å². The summed E-state index contributed by atoms with van der Waals surface area (Å²) in [5.41, 5.74) is 1.46. The number of fused-ring (bicyclic) bond motifs is 1. The van der Waals surface area contributed by atoms with E-state index in [1.54, 1.807) is 12.3 Å². The molecule has 3 heterocycles. The van der Waals surface area contributed by atoms with Gasteiger partial charge in [-0.25, -0.2) is 28.1 Å². The van der Waals surface area contributed by atoms with E-state index in [0.29, 0.717) is 30.0 Å². The summed E-state index contributed by atoms with van der Waals surface area (Å²) < 4.78 is 39.5. The molecule has 1 fully saturated rings. The number of nitrogens with one attached hydrogen (secondary N) is 2. The van der Waals surface area contributed by atoms with E-state index in [4.69, 9.17) is 0 Å². The number of aromatic amines is 1. The molecule has 5 nitrogen and oxygen atoms in total. The highest BCUT2D eigenvalue weighted by atomic mass is 19.3. The highest BCUT2D eigenvalue weighted by Gasteiger charge is 2.36. The second kappa shape index (κ2) is 6.02. The Balaban J connectivity index is 1.54. The molecule has 0 aliphatic heterocycles. The maximum atomic E-state index is 13.3. The number of alkyl halides is 2. The van der Waals surface area contributed by atoms with Gasteiger partial charge in [-0.05, 0) is 25.0 Å². The van der Waals surface area contributed by atoms with Crippen molar-refractivity contribution in [2.75, 3.05) is 5.32 Å². The Kier molecular flexibility index (Phi) is 3.82. The van der Waals surface area contributed by atoms with Crippen LogP contribution in [-0.2, 0) is 0 Å². The lowest BCUT2D eigenvalue weighted by molar-refractivity contribution is -0.0387. The van der Waals surface area contributed by atoms with Crippen LogP contribution in [0, 0.1) is 5.82 Å². The number of H-pyrrole nitrogens is 1. The maximum absolute atomic E-state index is 13.3. The third-order valence-electron chi connectivity index (χ3n) is 4.47. The Labute approximate surface area is 141 Å². The Bertz CT molecular complexity index is 881. The van der Waals surface area contributed by atoms with Gasteiger partial charge in [0.15, 0.2) is 0 Å². The zero-order chi connectivity index (χ0) is 17.4. The fourth-order valence-corrected chi connectivity index (χ4v) is 3.09. The first kappa shape index (κ1) is 15.9. The first-order valence-corrected chi connectivity index (χ1v) is 8.11. The number of pyridine rings is 2. The number of aromatic nitrogens is 4. The highest BCUT2D eigenvalue weighted by molar-refractivity contribution is 5.78. The average Bonchev–Trinajstić information content (AvgIpc) is 3.00. The van der Waals surface area contributed by atoms with Crippen molar-refractivity contribution >= 4 is 22.7 Å². The summed E-state index contributed by atoms with van der Waals surface area (Å²) in [4.78, 5) is 15.9. The molecular weight excluding hydrogens is 331 g/mol. The number of hydrogen-bond donors (Lipinski definition) is 2. The minimum atomic E-state index is -2.55. The lowest BCUT2D eigenvalue weighted by Gasteiger charge is -2.26. The summed E-state index contributed by atoms with van der Waals surface area (Å²) in [5.74, 6) is -1.22. The van der Waals surface area contributed by atoms with Gasteiger partial charge in [-0.15, -0.1) is 0 Å². The summed E-state index contributed by atoms with van der Waals surface area (Å²) in [5, 5.41) is 2.98. The molecule has 0 radical (unpaired) electrons. The number of hydrogen-bond acceptors (Lipinski definition) is 4. The van der Waals surface area contributed by atoms with E-state index in [-0.39, 0.29) is 18.8 Å². The summed E-state index contributed by atoms with van der Waals surface area (Å²) in [7, 11) is 0. The van der Waals surface area contributed by atoms with Crippen LogP contribution >= 0.6 is 0 Å². The minimum Gasteiger partial charge on any atom is -0.340 e. The Morgan fingerprint density at radius 1 is 1.08 bits per heavy atom. The van der Waals surface area contributed by atoms with Gasteiger partial charge in [0.05, 0.1) is 23.4 Å². The zero-order valence-corrected chi connectivity index (χ0v) is 13.3. The van der Waals surface area contributed by atoms with Crippen LogP contribution in [0.2, 0.25) is 0 Å². The van der Waals surface area contributed by atoms with Crippen molar-refractivity contribution in [3.05, 3.63) is 42.2 Å². The molecule has 130 valence electrons. The van der Waals surface area contributed by atoms with Gasteiger partial charge in [-0.1, -0.05) is 0 Å². The molecule has 0 aromatic carbocycles. The third kappa shape index (κ3) is 3.42. The lowest BCUT2D eigenvalue weighted by atomic mass is 9.86. The number of imidazole rings is 1. The Hall–Kier alpha value is -2.64. The van der Waals surface area contributed by atoms with E-state index in [9.17, 15) is 13.2 Å². The number of halogens is 3. The smallest absolute Gasteiger partial charge is 0.248 e. The van der Waals surface area contributed by atoms with Gasteiger partial charge in [-0.2, -0.15) is 0 Å². The molecule has 4 rings (SSSR count). The molecule has 0 saturated heterocycles. The fraction of sp³-hybridized carbons (Fsp3) is 0.353. The molecule has 8 heteroatoms. The predicted octanol–water partition coefficient (Wildman–Crippen LogP) is 4.53. The lowest BCUT2D eigenvalue weighted by Crippen LogP contribution is -2.24. The van der Waals surface area contributed by atoms with Crippen molar-refractivity contribution in [2.24, 2.45) is 0 Å². The number of anilines is 2. The Morgan fingerprint density at radius 3 is 2.56 bits per heavy atom. The van der Waals surface area contributed by atoms with Gasteiger partial charge >= 0.3 is 0 Å². The van der Waals surface area contributed by atoms with Crippen LogP contribution in [0.5, 0.6) is 0 Å². The van der Waals surface area contributed by atoms with Crippen molar-refractivity contribution in [1.29, 1.82) is 0 Å². The maximum Gasteiger partial charge on any atom is 0.248 e. The monoisotopic (exact) mass is 347 g/mol. The number of rotatable bonds is 3. The first-order chi connectivity index (χ1) is 12.0. The normalized spacial score (nSPS) is 17.7. The van der Waals surface area contributed by atoms with Crippen molar-refractivity contribution in [3.63, 3.8) is 0 Å². The number of nitrogens with zero attached hydrogens (tertiary/aromatic N) is 3. The van der Waals surface area contributed by atoms with E-state index in [1.807, 2.05) is 0 Å². The molecule has 0 amide bonds. The van der Waals surface area contributed by atoms with Crippen LogP contribution in [0.1, 0.15) is 37.4 Å². The van der Waals surface area contributed by atoms with Crippen molar-refractivity contribution < 1.29 is 13.2 Å². The molecule has 1 aliphatic carbocycles. The van der Waals surface area contributed by atoms with Crippen LogP contribution in [0.3, 0.4) is 0 Å². The molecule has 2 N–H and O–H groups in total. The second-order valence-corrected chi connectivity index (χ2v) is 6.33. The molecular formula is C17H16F3N5. The second-order valence-electron chi connectivity index (χ2n) is 6.33. The molecule has 3 aromatic heterocycles. The molecule has 0 unspecified atom stereocenters. The Morgan fingerprint density at radius 2 is 1.84 bits per heavy atom. The van der Waals surface area contributed by atoms with Crippen LogP contribution in [0.4, 0.5) is 24.8 Å². The zero-order valence-electron chi connectivity index (χ0n) is 13.3. The van der Waals surface area contributed by atoms with E-state index < -0.39 is 11.7 Å². The van der Waals surface area contributed by atoms with Gasteiger partial charge in [0.1, 0.15) is 23.3 Å². The van der Waals surface area contributed by atoms with Gasteiger partial charge in [0.2, 0.25) is 5.92 Å². The van der Waals surface area contributed by atoms with E-state index in [0.717, 1.165) is 17.5 Å². The van der Waals surface area contributed by atoms with Gasteiger partial charge in [0.25, 0.3) is 0 Å². The van der Waals surface area contributed by atoms with Gasteiger partial charge in [-0.3, -0.25) is 0 Å². The largest absolute Gasteiger partial charge is 0.340 e. The summed E-state index contributed by atoms with van der Waals surface area (Å²) in [6.07, 6.45) is 3.39. The van der Waals surface area contributed by atoms with Crippen LogP contribution in [0.15, 0.2) is 30.6 Å². The molecule has 1 saturated carbocycles. The van der Waals surface area contributed by atoms with Crippen LogP contribution in [0.25, 0.3) is 11.0 Å². The van der Waals surface area contributed by atoms with Gasteiger partial charge in [0, 0.05) is 24.8 Å². The van der Waals surface area contributed by atoms with Crippen LogP contribution in [-0.4, -0.2) is 25.9 Å². The van der Waals surface area contributed by atoms with E-state index in [2.05, 4.69) is 25.3 Å². The van der Waals surface area contributed by atoms with Crippen molar-refractivity contribution in [3.8, 4) is 0 Å². The van der Waals surface area contributed by atoms with Gasteiger partial charge < -0.3 is 10.3 Å². The SMILES string of the molecule is Fc1ccc(Nc2cc3nc(C4CCC(F)(F)CC4)[nH]c3cn2)nc1. The van der Waals surface area contributed by atoms with E-state index >= 15 is 0 Å². The van der Waals surface area contributed by atoms with Crippen LogP contribution < -0.4 is 5.32 Å². The molecule has 0 atom stereocenters. The standard InChI is InChI=1S/C17H16F3N5/c18-11-1-2-14(21-8-11)25-15-7-12-13(9-22-15)24-16(23-12)10-3-5-17(19,20)6-4-10/h1-2,7-10H,3-6H2,(H,23,24)(H,21,22,25). The summed E-state index contributed by atoms with van der Waals surface area (Å²) in [6.45, 7) is 0. The third-order valence-corrected chi connectivity index (χ3v) is 4.47. The average molecular weight is 347 g/mol. The molecule has 0 spiro atoms. The summed E-state index contributed by atoms with van der Waals surface area (Å²) in [6, 6.07) is 4.57. The molecule has 3 aromatic rings. The minimum absolute atomic E-state index is 0.0159. The predicted molar refractivity (Wildman–Crippen MR) is 87.5 cm³/mol. The highest BCUT2D eigenvalue weighted by Crippen LogP contribution is 2.40. The molecule has 0 bridgehead atoms. The quantitative estimate of drug-likeness (QED) is 0.731. The van der Waals surface area contributed by atoms with Crippen molar-refractivity contribution in [2.45, 2.75) is 37.5 Å². The molecule has 1 aliphatic rings. The first-order valence-electron chi connectivity index (χ1n) is 8.11. The molecule has 25 heavy (non-hydrogen) atoms. The fourth-order valence-electron chi connectivity index (χ4n) is 3.09. The summed E-state index contributed by atoms with van der Waals surface area (Å²) >= 11 is 0.